The van der Waals surface area contributed by atoms with Gasteiger partial charge in [-0.3, -0.25) is 4.98 Å². The molecular weight excluding hydrogens is 414 g/mol. The van der Waals surface area contributed by atoms with Crippen molar-refractivity contribution in [3.63, 3.8) is 0 Å². The molecule has 0 N–H and O–H groups in total. The van der Waals surface area contributed by atoms with Crippen molar-refractivity contribution in [2.45, 2.75) is 39.1 Å². The summed E-state index contributed by atoms with van der Waals surface area (Å²) in [6, 6.07) is 18.2. The van der Waals surface area contributed by atoms with Gasteiger partial charge in [0.15, 0.2) is 0 Å². The van der Waals surface area contributed by atoms with Crippen molar-refractivity contribution >= 4 is 13.7 Å². The minimum atomic E-state index is -1.17. The highest BCUT2D eigenvalue weighted by molar-refractivity contribution is 6.17. The summed E-state index contributed by atoms with van der Waals surface area (Å²) in [7, 11) is 6.29. The van der Waals surface area contributed by atoms with Gasteiger partial charge in [-0.05, 0) is 73.2 Å². The van der Waals surface area contributed by atoms with E-state index in [2.05, 4.69) is 17.1 Å². The summed E-state index contributed by atoms with van der Waals surface area (Å²) in [6.45, 7) is 2.24. The van der Waals surface area contributed by atoms with E-state index >= 15 is 4.39 Å². The average Bonchev–Trinajstić information content (AvgIpc) is 3.69. The van der Waals surface area contributed by atoms with Crippen LogP contribution in [-0.4, -0.2) is 13.0 Å². The molecule has 0 bridgehead atoms. The zero-order valence-electron chi connectivity index (χ0n) is 18.3. The molecule has 1 atom stereocenters. The molecule has 162 valence electrons. The Bertz CT molecular complexity index is 1230. The van der Waals surface area contributed by atoms with Crippen LogP contribution in [0.3, 0.4) is 0 Å². The fraction of sp³-hybridized carbons (Fsp3) is 0.269. The maximum Gasteiger partial charge on any atom is 0.227 e. The number of ether oxygens (including phenoxy) is 1. The van der Waals surface area contributed by atoms with Crippen molar-refractivity contribution < 1.29 is 9.13 Å². The van der Waals surface area contributed by atoms with Crippen LogP contribution in [0.4, 0.5) is 10.1 Å². The second-order valence-electron chi connectivity index (χ2n) is 8.24. The molecule has 1 heterocycles. The maximum absolute atomic E-state index is 15.6. The van der Waals surface area contributed by atoms with E-state index in [0.717, 1.165) is 18.4 Å². The summed E-state index contributed by atoms with van der Waals surface area (Å²) in [6.07, 6.45) is 2.17. The van der Waals surface area contributed by atoms with Crippen molar-refractivity contribution in [1.29, 1.82) is 10.5 Å². The van der Waals surface area contributed by atoms with Crippen LogP contribution in [0.5, 0.6) is 5.75 Å². The lowest BCUT2D eigenvalue weighted by molar-refractivity contribution is 0.262. The molecule has 1 aliphatic rings. The van der Waals surface area contributed by atoms with Gasteiger partial charge in [-0.15, -0.1) is 0 Å². The Morgan fingerprint density at radius 2 is 1.88 bits per heavy atom. The van der Waals surface area contributed by atoms with Crippen LogP contribution < -0.4 is 9.55 Å². The van der Waals surface area contributed by atoms with Crippen molar-refractivity contribution in [3.05, 3.63) is 88.2 Å². The number of pyridine rings is 1. The van der Waals surface area contributed by atoms with Gasteiger partial charge in [0.1, 0.15) is 18.5 Å². The lowest BCUT2D eigenvalue weighted by Gasteiger charge is -2.25. The lowest BCUT2D eigenvalue weighted by atomic mass is 9.98. The Morgan fingerprint density at radius 3 is 2.55 bits per heavy atom. The second kappa shape index (κ2) is 9.75. The van der Waals surface area contributed by atoms with Crippen LogP contribution in [-0.2, 0) is 13.2 Å². The summed E-state index contributed by atoms with van der Waals surface area (Å²) >= 11 is 0. The Kier molecular flexibility index (Phi) is 6.61. The third-order valence-corrected chi connectivity index (χ3v) is 5.75. The van der Waals surface area contributed by atoms with Gasteiger partial charge in [-0.25, -0.2) is 4.39 Å². The van der Waals surface area contributed by atoms with Crippen LogP contribution in [0, 0.1) is 35.5 Å². The number of hydrogen-bond donors (Lipinski definition) is 0. The number of nitrogens with zero attached hydrogens (tertiary/aromatic N) is 4. The number of anilines is 1. The van der Waals surface area contributed by atoms with E-state index in [1.54, 1.807) is 55.6 Å². The second-order valence-corrected chi connectivity index (χ2v) is 8.24. The van der Waals surface area contributed by atoms with E-state index < -0.39 is 6.17 Å². The molecule has 1 saturated carbocycles. The van der Waals surface area contributed by atoms with Gasteiger partial charge in [-0.2, -0.15) is 10.5 Å². The van der Waals surface area contributed by atoms with Gasteiger partial charge in [-0.1, -0.05) is 12.1 Å². The van der Waals surface area contributed by atoms with Crippen LogP contribution >= 0.6 is 0 Å². The Hall–Kier alpha value is -3.84. The quantitative estimate of drug-likeness (QED) is 0.453. The zero-order valence-corrected chi connectivity index (χ0v) is 18.3. The van der Waals surface area contributed by atoms with Gasteiger partial charge < -0.3 is 9.55 Å². The number of nitriles is 2. The summed E-state index contributed by atoms with van der Waals surface area (Å²) in [5.41, 5.74) is 4.37. The molecule has 1 unspecified atom stereocenters. The lowest BCUT2D eigenvalue weighted by Crippen LogP contribution is -2.21. The van der Waals surface area contributed by atoms with Crippen molar-refractivity contribution in [1.82, 2.24) is 4.98 Å². The number of aromatic nitrogens is 1. The van der Waals surface area contributed by atoms with Gasteiger partial charge in [0.25, 0.3) is 0 Å². The van der Waals surface area contributed by atoms with E-state index in [0.29, 0.717) is 39.4 Å². The van der Waals surface area contributed by atoms with Crippen LogP contribution in [0.2, 0.25) is 0 Å². The standard InChI is InChI=1S/C26H22BFN4O/c1-17-26(33-16-20-4-2-3-19(11-20)13-30)24(25(28)21-7-8-21)22(14-31-17)15-32(27)23-9-5-18(12-29)6-10-23/h2-6,9-11,14,21,25H,7-8,15-16H2,1H3. The number of benzene rings is 2. The summed E-state index contributed by atoms with van der Waals surface area (Å²) in [5.74, 6) is 0.401. The molecule has 2 aromatic carbocycles. The van der Waals surface area contributed by atoms with Gasteiger partial charge in [0.05, 0.1) is 29.0 Å². The highest BCUT2D eigenvalue weighted by atomic mass is 19.1. The van der Waals surface area contributed by atoms with Gasteiger partial charge in [0, 0.05) is 24.0 Å². The summed E-state index contributed by atoms with van der Waals surface area (Å²) < 4.78 is 21.7. The van der Waals surface area contributed by atoms with E-state index in [9.17, 15) is 0 Å². The van der Waals surface area contributed by atoms with Gasteiger partial charge >= 0.3 is 0 Å². The normalized spacial score (nSPS) is 13.6. The molecule has 5 nitrogen and oxygen atoms in total. The number of hydrogen-bond acceptors (Lipinski definition) is 5. The monoisotopic (exact) mass is 436 g/mol. The topological polar surface area (TPSA) is 72.9 Å². The van der Waals surface area contributed by atoms with Crippen molar-refractivity contribution in [2.24, 2.45) is 5.92 Å². The first-order chi connectivity index (χ1) is 16.0. The molecule has 0 spiro atoms. The highest BCUT2D eigenvalue weighted by Crippen LogP contribution is 2.48. The minimum Gasteiger partial charge on any atom is -0.487 e. The number of aryl methyl sites for hydroxylation is 1. The molecule has 0 amide bonds. The minimum absolute atomic E-state index is 0.0315. The molecule has 1 aliphatic carbocycles. The third-order valence-electron chi connectivity index (χ3n) is 5.75. The molecule has 2 radical (unpaired) electrons. The van der Waals surface area contributed by atoms with E-state index in [-0.39, 0.29) is 19.1 Å². The first-order valence-corrected chi connectivity index (χ1v) is 10.8. The SMILES string of the molecule is [B]N(Cc1cnc(C)c(OCc2cccc(C#N)c2)c1C(F)C1CC1)c1ccc(C#N)cc1. The molecule has 4 rings (SSSR count). The first-order valence-electron chi connectivity index (χ1n) is 10.8. The van der Waals surface area contributed by atoms with E-state index in [4.69, 9.17) is 23.2 Å². The molecule has 0 saturated heterocycles. The predicted molar refractivity (Wildman–Crippen MR) is 124 cm³/mol. The fourth-order valence-corrected chi connectivity index (χ4v) is 3.77. The summed E-state index contributed by atoms with van der Waals surface area (Å²) in [5, 5.41) is 18.1. The molecule has 33 heavy (non-hydrogen) atoms. The van der Waals surface area contributed by atoms with Gasteiger partial charge in [0.2, 0.25) is 7.98 Å². The van der Waals surface area contributed by atoms with Crippen LogP contribution in [0.1, 0.15) is 52.5 Å². The Labute approximate surface area is 194 Å². The molecule has 3 aromatic rings. The Balaban J connectivity index is 1.63. The maximum atomic E-state index is 15.6. The van der Waals surface area contributed by atoms with Crippen molar-refractivity contribution in [3.8, 4) is 17.9 Å². The molecular formula is C26H22BFN4O. The summed E-state index contributed by atoms with van der Waals surface area (Å²) in [4.78, 5) is 5.96. The number of halogens is 1. The first kappa shape index (κ1) is 22.4. The molecule has 7 heteroatoms. The highest BCUT2D eigenvalue weighted by Gasteiger charge is 2.36. The molecule has 1 aromatic heterocycles. The zero-order chi connectivity index (χ0) is 23.4. The van der Waals surface area contributed by atoms with Crippen LogP contribution in [0.25, 0.3) is 0 Å². The average molecular weight is 436 g/mol. The molecule has 1 fully saturated rings. The largest absolute Gasteiger partial charge is 0.487 e. The third kappa shape index (κ3) is 5.15. The van der Waals surface area contributed by atoms with Crippen LogP contribution in [0.15, 0.2) is 54.7 Å². The molecule has 0 aliphatic heterocycles. The van der Waals surface area contributed by atoms with E-state index in [1.165, 1.54) is 4.81 Å². The predicted octanol–water partition coefficient (Wildman–Crippen LogP) is 5.22. The Morgan fingerprint density at radius 1 is 1.15 bits per heavy atom. The van der Waals surface area contributed by atoms with E-state index in [1.807, 2.05) is 6.07 Å². The smallest absolute Gasteiger partial charge is 0.227 e. The number of rotatable bonds is 8. The van der Waals surface area contributed by atoms with Crippen molar-refractivity contribution in [2.75, 3.05) is 4.81 Å². The number of alkyl halides is 1. The fourth-order valence-electron chi connectivity index (χ4n) is 3.77.